The van der Waals surface area contributed by atoms with Gasteiger partial charge in [0.1, 0.15) is 6.61 Å². The summed E-state index contributed by atoms with van der Waals surface area (Å²) in [5.41, 5.74) is 1.92. The Hall–Kier alpha value is -2.34. The molecule has 2 aliphatic heterocycles. The zero-order valence-corrected chi connectivity index (χ0v) is 13.7. The molecule has 2 fully saturated rings. The molecule has 0 saturated carbocycles. The van der Waals surface area contributed by atoms with Gasteiger partial charge in [0.15, 0.2) is 0 Å². The zero-order valence-electron chi connectivity index (χ0n) is 13.7. The van der Waals surface area contributed by atoms with E-state index in [0.29, 0.717) is 13.1 Å². The number of morpholine rings is 1. The van der Waals surface area contributed by atoms with Crippen molar-refractivity contribution in [3.05, 3.63) is 42.5 Å². The Morgan fingerprint density at radius 3 is 3.12 bits per heavy atom. The second-order valence-corrected chi connectivity index (χ2v) is 6.17. The topological polar surface area (TPSA) is 70.7 Å². The minimum absolute atomic E-state index is 0.00614. The number of urea groups is 1. The zero-order chi connectivity index (χ0) is 16.9. The first-order valence-electron chi connectivity index (χ1n) is 8.33. The minimum atomic E-state index is -0.140. The number of amides is 3. The summed E-state index contributed by atoms with van der Waals surface area (Å²) in [6.07, 6.45) is 4.32. The molecule has 6 heteroatoms. The predicted octanol–water partition coefficient (Wildman–Crippen LogP) is 1.93. The molecule has 3 amide bonds. The fourth-order valence-electron chi connectivity index (χ4n) is 3.20. The number of carbonyl (C=O) groups excluding carboxylic acids is 2. The Kier molecular flexibility index (Phi) is 5.15. The van der Waals surface area contributed by atoms with Crippen LogP contribution in [0.1, 0.15) is 18.4 Å². The van der Waals surface area contributed by atoms with E-state index in [2.05, 4.69) is 17.2 Å². The number of allylic oxidation sites excluding steroid dienone is 1. The summed E-state index contributed by atoms with van der Waals surface area (Å²) in [5.74, 6) is -0.117. The molecule has 128 valence electrons. The second kappa shape index (κ2) is 7.49. The summed E-state index contributed by atoms with van der Waals surface area (Å²) < 4.78 is 5.52. The predicted molar refractivity (Wildman–Crippen MR) is 91.8 cm³/mol. The lowest BCUT2D eigenvalue weighted by Gasteiger charge is -2.41. The summed E-state index contributed by atoms with van der Waals surface area (Å²) >= 11 is 0. The molecule has 2 heterocycles. The fourth-order valence-corrected chi connectivity index (χ4v) is 3.20. The number of hydrogen-bond donors (Lipinski definition) is 2. The van der Waals surface area contributed by atoms with Gasteiger partial charge in [-0.15, -0.1) is 6.58 Å². The van der Waals surface area contributed by atoms with Crippen LogP contribution in [-0.4, -0.2) is 48.7 Å². The maximum Gasteiger partial charge on any atom is 0.321 e. The number of nitrogens with zero attached hydrogens (tertiary/aromatic N) is 1. The Bertz CT molecular complexity index is 632. The summed E-state index contributed by atoms with van der Waals surface area (Å²) in [5, 5.41) is 5.90. The maximum atomic E-state index is 12.6. The molecule has 0 aliphatic carbocycles. The number of nitrogens with one attached hydrogen (secondary N) is 2. The highest BCUT2D eigenvalue weighted by molar-refractivity contribution is 5.90. The fraction of sp³-hybridized carbons (Fsp3) is 0.444. The minimum Gasteiger partial charge on any atom is -0.366 e. The second-order valence-electron chi connectivity index (χ2n) is 6.17. The molecule has 2 N–H and O–H groups in total. The van der Waals surface area contributed by atoms with Gasteiger partial charge in [0.2, 0.25) is 5.91 Å². The Morgan fingerprint density at radius 2 is 2.29 bits per heavy atom. The molecule has 0 aromatic heterocycles. The van der Waals surface area contributed by atoms with Crippen molar-refractivity contribution < 1.29 is 14.3 Å². The molecular weight excluding hydrogens is 306 g/mol. The first-order chi connectivity index (χ1) is 11.7. The van der Waals surface area contributed by atoms with Crippen LogP contribution >= 0.6 is 0 Å². The van der Waals surface area contributed by atoms with Crippen molar-refractivity contribution in [2.45, 2.75) is 31.4 Å². The van der Waals surface area contributed by atoms with Gasteiger partial charge in [-0.25, -0.2) is 4.79 Å². The largest absolute Gasteiger partial charge is 0.366 e. The van der Waals surface area contributed by atoms with Crippen LogP contribution in [0.15, 0.2) is 36.9 Å². The first kappa shape index (κ1) is 16.5. The summed E-state index contributed by atoms with van der Waals surface area (Å²) in [7, 11) is 0. The molecule has 3 rings (SSSR count). The standard InChI is InChI=1S/C18H23N3O3/c1-2-3-6-13-7-4-5-8-14(13)20-18(23)21-10-9-16-15(11-21)19-17(22)12-24-16/h2,4-5,7-8,15-16H,1,3,6,9-12H2,(H,19,22)(H,20,23)/t15-,16+/m1/s1. The van der Waals surface area contributed by atoms with E-state index < -0.39 is 0 Å². The van der Waals surface area contributed by atoms with Crippen molar-refractivity contribution >= 4 is 17.6 Å². The van der Waals surface area contributed by atoms with Crippen molar-refractivity contribution in [2.24, 2.45) is 0 Å². The number of fused-ring (bicyclic) bond motifs is 1. The molecule has 0 unspecified atom stereocenters. The molecular formula is C18H23N3O3. The number of piperidine rings is 1. The van der Waals surface area contributed by atoms with Gasteiger partial charge in [0, 0.05) is 18.8 Å². The van der Waals surface area contributed by atoms with Gasteiger partial charge in [0.05, 0.1) is 12.1 Å². The van der Waals surface area contributed by atoms with E-state index in [-0.39, 0.29) is 30.7 Å². The molecule has 0 spiro atoms. The van der Waals surface area contributed by atoms with Gasteiger partial charge >= 0.3 is 6.03 Å². The molecule has 0 radical (unpaired) electrons. The third-order valence-corrected chi connectivity index (χ3v) is 4.49. The van der Waals surface area contributed by atoms with E-state index in [1.165, 1.54) is 0 Å². The van der Waals surface area contributed by atoms with Crippen molar-refractivity contribution in [1.29, 1.82) is 0 Å². The maximum absolute atomic E-state index is 12.6. The van der Waals surface area contributed by atoms with Gasteiger partial charge in [-0.05, 0) is 30.9 Å². The van der Waals surface area contributed by atoms with Gasteiger partial charge in [0.25, 0.3) is 0 Å². The number of carbonyl (C=O) groups is 2. The highest BCUT2D eigenvalue weighted by atomic mass is 16.5. The van der Waals surface area contributed by atoms with E-state index in [9.17, 15) is 9.59 Å². The Balaban J connectivity index is 1.63. The number of anilines is 1. The number of aryl methyl sites for hydroxylation is 1. The SMILES string of the molecule is C=CCCc1ccccc1NC(=O)N1CC[C@@H]2OCC(=O)N[C@@H]2C1. The number of likely N-dealkylation sites (tertiary alicyclic amines) is 1. The molecule has 0 bridgehead atoms. The third kappa shape index (κ3) is 3.76. The third-order valence-electron chi connectivity index (χ3n) is 4.49. The van der Waals surface area contributed by atoms with Crippen molar-refractivity contribution in [3.63, 3.8) is 0 Å². The van der Waals surface area contributed by atoms with E-state index in [0.717, 1.165) is 30.5 Å². The van der Waals surface area contributed by atoms with Crippen LogP contribution < -0.4 is 10.6 Å². The highest BCUT2D eigenvalue weighted by Crippen LogP contribution is 2.21. The number of rotatable bonds is 4. The van der Waals surface area contributed by atoms with E-state index in [1.54, 1.807) is 4.90 Å². The first-order valence-corrected chi connectivity index (χ1v) is 8.33. The number of ether oxygens (including phenoxy) is 1. The highest BCUT2D eigenvalue weighted by Gasteiger charge is 2.36. The van der Waals surface area contributed by atoms with Gasteiger partial charge in [-0.3, -0.25) is 4.79 Å². The van der Waals surface area contributed by atoms with Gasteiger partial charge in [-0.1, -0.05) is 24.3 Å². The molecule has 2 atom stereocenters. The molecule has 24 heavy (non-hydrogen) atoms. The Labute approximate surface area is 141 Å². The average molecular weight is 329 g/mol. The van der Waals surface area contributed by atoms with Crippen LogP contribution in [-0.2, 0) is 16.0 Å². The summed E-state index contributed by atoms with van der Waals surface area (Å²) in [4.78, 5) is 25.8. The molecule has 1 aromatic carbocycles. The van der Waals surface area contributed by atoms with E-state index >= 15 is 0 Å². The number of para-hydroxylation sites is 1. The summed E-state index contributed by atoms with van der Waals surface area (Å²) in [6.45, 7) is 4.95. The van der Waals surface area contributed by atoms with Crippen LogP contribution in [0.4, 0.5) is 10.5 Å². The lowest BCUT2D eigenvalue weighted by atomic mass is 10.0. The molecule has 2 aliphatic rings. The average Bonchev–Trinajstić information content (AvgIpc) is 2.60. The number of hydrogen-bond acceptors (Lipinski definition) is 3. The lowest BCUT2D eigenvalue weighted by Crippen LogP contribution is -2.61. The lowest BCUT2D eigenvalue weighted by molar-refractivity contribution is -0.139. The van der Waals surface area contributed by atoms with Gasteiger partial charge < -0.3 is 20.3 Å². The van der Waals surface area contributed by atoms with Crippen molar-refractivity contribution in [1.82, 2.24) is 10.2 Å². The van der Waals surface area contributed by atoms with E-state index in [4.69, 9.17) is 4.74 Å². The molecule has 6 nitrogen and oxygen atoms in total. The quantitative estimate of drug-likeness (QED) is 0.829. The monoisotopic (exact) mass is 329 g/mol. The van der Waals surface area contributed by atoms with Crippen LogP contribution in [0, 0.1) is 0 Å². The van der Waals surface area contributed by atoms with Crippen LogP contribution in [0.3, 0.4) is 0 Å². The van der Waals surface area contributed by atoms with Crippen LogP contribution in [0.5, 0.6) is 0 Å². The normalized spacial score (nSPS) is 23.2. The van der Waals surface area contributed by atoms with Crippen molar-refractivity contribution in [2.75, 3.05) is 25.0 Å². The molecule has 1 aromatic rings. The van der Waals surface area contributed by atoms with Crippen molar-refractivity contribution in [3.8, 4) is 0 Å². The molecule has 2 saturated heterocycles. The Morgan fingerprint density at radius 1 is 1.46 bits per heavy atom. The summed E-state index contributed by atoms with van der Waals surface area (Å²) in [6, 6.07) is 7.54. The van der Waals surface area contributed by atoms with Crippen LogP contribution in [0.2, 0.25) is 0 Å². The van der Waals surface area contributed by atoms with E-state index in [1.807, 2.05) is 30.3 Å². The number of benzene rings is 1. The van der Waals surface area contributed by atoms with Crippen LogP contribution in [0.25, 0.3) is 0 Å². The van der Waals surface area contributed by atoms with Gasteiger partial charge in [-0.2, -0.15) is 0 Å². The smallest absolute Gasteiger partial charge is 0.321 e.